The Bertz CT molecular complexity index is 127. The van der Waals surface area contributed by atoms with Gasteiger partial charge >= 0.3 is 0 Å². The summed E-state index contributed by atoms with van der Waals surface area (Å²) in [6, 6.07) is 0. The zero-order valence-electron chi connectivity index (χ0n) is 10.4. The van der Waals surface area contributed by atoms with Crippen LogP contribution in [0.2, 0.25) is 5.54 Å². The van der Waals surface area contributed by atoms with Crippen LogP contribution in [0.25, 0.3) is 0 Å². The molecule has 0 saturated carbocycles. The van der Waals surface area contributed by atoms with Gasteiger partial charge in [-0.15, -0.1) is 0 Å². The van der Waals surface area contributed by atoms with Crippen molar-refractivity contribution in [2.45, 2.75) is 40.2 Å². The van der Waals surface area contributed by atoms with Crippen LogP contribution in [0, 0.1) is 0 Å². The second-order valence-corrected chi connectivity index (χ2v) is 7.26. The van der Waals surface area contributed by atoms with Crippen LogP contribution in [0.15, 0.2) is 0 Å². The third kappa shape index (κ3) is 5.10. The van der Waals surface area contributed by atoms with Gasteiger partial charge in [0.2, 0.25) is 0 Å². The normalized spacial score (nSPS) is 13.9. The second kappa shape index (κ2) is 8.41. The quantitative estimate of drug-likeness (QED) is 0.362. The van der Waals surface area contributed by atoms with E-state index in [1.54, 1.807) is 0 Å². The van der Waals surface area contributed by atoms with E-state index >= 15 is 0 Å². The van der Waals surface area contributed by atoms with Crippen LogP contribution in [0.5, 0.6) is 0 Å². The lowest BCUT2D eigenvalue weighted by atomic mass is 10.6. The molecule has 0 radical (unpaired) electrons. The number of nitrogens with one attached hydrogen (secondary N) is 2. The van der Waals surface area contributed by atoms with Crippen LogP contribution in [-0.4, -0.2) is 40.0 Å². The minimum Gasteiger partial charge on any atom is -0.315 e. The van der Waals surface area contributed by atoms with Gasteiger partial charge in [0.15, 0.2) is 9.12 Å². The van der Waals surface area contributed by atoms with E-state index in [4.69, 9.17) is 0 Å². The molecule has 86 valence electrons. The first-order valence-corrected chi connectivity index (χ1v) is 7.61. The van der Waals surface area contributed by atoms with Gasteiger partial charge in [-0.1, -0.05) is 34.6 Å². The minimum absolute atomic E-state index is 0.786. The summed E-state index contributed by atoms with van der Waals surface area (Å²) >= 11 is 0. The van der Waals surface area contributed by atoms with Gasteiger partial charge < -0.3 is 14.9 Å². The predicted octanol–water partition coefficient (Wildman–Crippen LogP) is 1.12. The molecule has 0 spiro atoms. The number of nitrogens with zero attached hydrogens (tertiary/aromatic N) is 1. The summed E-state index contributed by atoms with van der Waals surface area (Å²) in [4.78, 5) is 3.68. The lowest BCUT2D eigenvalue weighted by molar-refractivity contribution is 0.454. The van der Waals surface area contributed by atoms with Gasteiger partial charge in [0.05, 0.1) is 0 Å². The maximum absolute atomic E-state index is 3.68. The third-order valence-corrected chi connectivity index (χ3v) is 5.93. The minimum atomic E-state index is -0.933. The average molecular weight is 217 g/mol. The van der Waals surface area contributed by atoms with Gasteiger partial charge in [-0.05, 0) is 25.2 Å². The Labute approximate surface area is 91.0 Å². The Kier molecular flexibility index (Phi) is 8.47. The SMILES string of the molecule is CCNCN[SiH](C(C)C)N(CC)CC. The Morgan fingerprint density at radius 3 is 2.07 bits per heavy atom. The zero-order chi connectivity index (χ0) is 11.0. The standard InChI is InChI=1S/C10H27N3Si/c1-6-11-9-12-14(10(4)5)13(7-2)8-3/h10-12,14H,6-9H2,1-5H3. The molecule has 0 aliphatic heterocycles. The molecule has 0 saturated heterocycles. The first kappa shape index (κ1) is 14.1. The largest absolute Gasteiger partial charge is 0.315 e. The number of rotatable bonds is 8. The van der Waals surface area contributed by atoms with Crippen molar-refractivity contribution in [1.29, 1.82) is 0 Å². The highest BCUT2D eigenvalue weighted by atomic mass is 28.3. The fourth-order valence-corrected chi connectivity index (χ4v) is 4.42. The topological polar surface area (TPSA) is 27.3 Å². The van der Waals surface area contributed by atoms with Crippen molar-refractivity contribution in [1.82, 2.24) is 14.9 Å². The van der Waals surface area contributed by atoms with Gasteiger partial charge in [-0.3, -0.25) is 0 Å². The smallest absolute Gasteiger partial charge is 0.190 e. The molecule has 14 heavy (non-hydrogen) atoms. The van der Waals surface area contributed by atoms with E-state index in [1.807, 2.05) is 0 Å². The van der Waals surface area contributed by atoms with E-state index < -0.39 is 9.12 Å². The Morgan fingerprint density at radius 1 is 1.14 bits per heavy atom. The summed E-state index contributed by atoms with van der Waals surface area (Å²) < 4.78 is 2.60. The van der Waals surface area contributed by atoms with Crippen molar-refractivity contribution in [3.63, 3.8) is 0 Å². The predicted molar refractivity (Wildman–Crippen MR) is 66.8 cm³/mol. The Morgan fingerprint density at radius 2 is 1.71 bits per heavy atom. The summed E-state index contributed by atoms with van der Waals surface area (Å²) in [5.74, 6) is 0. The molecule has 0 aromatic heterocycles. The van der Waals surface area contributed by atoms with Gasteiger partial charge in [0.25, 0.3) is 0 Å². The first-order chi connectivity index (χ1) is 6.67. The van der Waals surface area contributed by atoms with Crippen molar-refractivity contribution >= 4 is 9.12 Å². The third-order valence-electron chi connectivity index (χ3n) is 2.52. The molecule has 0 amide bonds. The molecule has 0 aliphatic carbocycles. The average Bonchev–Trinajstić information content (AvgIpc) is 2.17. The van der Waals surface area contributed by atoms with E-state index in [0.29, 0.717) is 0 Å². The van der Waals surface area contributed by atoms with E-state index in [1.165, 1.54) is 13.1 Å². The summed E-state index contributed by atoms with van der Waals surface area (Å²) in [6.45, 7) is 15.6. The van der Waals surface area contributed by atoms with Crippen LogP contribution in [-0.2, 0) is 0 Å². The number of hydrogen-bond donors (Lipinski definition) is 2. The molecule has 0 aromatic carbocycles. The molecule has 0 rings (SSSR count). The van der Waals surface area contributed by atoms with Crippen LogP contribution in [0.4, 0.5) is 0 Å². The van der Waals surface area contributed by atoms with Crippen LogP contribution in [0.1, 0.15) is 34.6 Å². The molecule has 0 bridgehead atoms. The van der Waals surface area contributed by atoms with Crippen LogP contribution < -0.4 is 10.3 Å². The van der Waals surface area contributed by atoms with E-state index in [9.17, 15) is 0 Å². The molecule has 3 nitrogen and oxygen atoms in total. The molecule has 0 aromatic rings. The second-order valence-electron chi connectivity index (χ2n) is 3.89. The molecule has 1 unspecified atom stereocenters. The van der Waals surface area contributed by atoms with E-state index in [0.717, 1.165) is 18.8 Å². The van der Waals surface area contributed by atoms with Gasteiger partial charge in [-0.2, -0.15) is 0 Å². The maximum atomic E-state index is 3.68. The summed E-state index contributed by atoms with van der Waals surface area (Å²) in [5, 5.41) is 3.33. The van der Waals surface area contributed by atoms with E-state index in [2.05, 4.69) is 49.5 Å². The van der Waals surface area contributed by atoms with Crippen molar-refractivity contribution in [3.05, 3.63) is 0 Å². The molecule has 2 N–H and O–H groups in total. The van der Waals surface area contributed by atoms with Crippen LogP contribution >= 0.6 is 0 Å². The van der Waals surface area contributed by atoms with Gasteiger partial charge in [0, 0.05) is 6.67 Å². The molecule has 0 heterocycles. The molecular weight excluding hydrogens is 190 g/mol. The molecule has 0 fully saturated rings. The van der Waals surface area contributed by atoms with Gasteiger partial charge in [0.1, 0.15) is 0 Å². The Balaban J connectivity index is 3.99. The summed E-state index contributed by atoms with van der Waals surface area (Å²) in [6.07, 6.45) is 0. The van der Waals surface area contributed by atoms with Crippen molar-refractivity contribution in [2.75, 3.05) is 26.3 Å². The zero-order valence-corrected chi connectivity index (χ0v) is 11.6. The summed E-state index contributed by atoms with van der Waals surface area (Å²) in [7, 11) is -0.933. The number of hydrogen-bond acceptors (Lipinski definition) is 3. The monoisotopic (exact) mass is 217 g/mol. The molecule has 0 aliphatic rings. The van der Waals surface area contributed by atoms with Crippen molar-refractivity contribution in [3.8, 4) is 0 Å². The highest BCUT2D eigenvalue weighted by Crippen LogP contribution is 2.08. The highest BCUT2D eigenvalue weighted by Gasteiger charge is 2.20. The highest BCUT2D eigenvalue weighted by molar-refractivity contribution is 6.54. The lowest BCUT2D eigenvalue weighted by Gasteiger charge is -2.31. The molecule has 1 atom stereocenters. The fraction of sp³-hybridized carbons (Fsp3) is 1.00. The van der Waals surface area contributed by atoms with Crippen molar-refractivity contribution < 1.29 is 0 Å². The first-order valence-electron chi connectivity index (χ1n) is 5.85. The van der Waals surface area contributed by atoms with Crippen molar-refractivity contribution in [2.24, 2.45) is 0 Å². The molecule has 4 heteroatoms. The van der Waals surface area contributed by atoms with E-state index in [-0.39, 0.29) is 0 Å². The Hall–Kier alpha value is 0.0969. The van der Waals surface area contributed by atoms with Crippen LogP contribution in [0.3, 0.4) is 0 Å². The fourth-order valence-electron chi connectivity index (χ4n) is 1.71. The maximum Gasteiger partial charge on any atom is 0.190 e. The summed E-state index contributed by atoms with van der Waals surface area (Å²) in [5.41, 5.74) is 0.786. The molecular formula is C10H27N3Si. The van der Waals surface area contributed by atoms with Gasteiger partial charge in [-0.25, -0.2) is 0 Å². The lowest BCUT2D eigenvalue weighted by Crippen LogP contribution is -2.54.